The molecule has 0 aliphatic carbocycles. The van der Waals surface area contributed by atoms with Crippen molar-refractivity contribution in [2.24, 2.45) is 5.92 Å². The van der Waals surface area contributed by atoms with E-state index < -0.39 is 0 Å². The Kier molecular flexibility index (Phi) is 5.35. The van der Waals surface area contributed by atoms with Gasteiger partial charge in [0.2, 0.25) is 0 Å². The molecule has 2 heterocycles. The van der Waals surface area contributed by atoms with Crippen molar-refractivity contribution in [3.8, 4) is 0 Å². The number of nitrogens with one attached hydrogen (secondary N) is 1. The lowest BCUT2D eigenvalue weighted by molar-refractivity contribution is 0.0266. The Bertz CT molecular complexity index is 120. The molecule has 3 heteroatoms. The molecule has 0 bridgehead atoms. The molecule has 13 heavy (non-hydrogen) atoms. The van der Waals surface area contributed by atoms with Gasteiger partial charge in [-0.15, -0.1) is 0 Å². The van der Waals surface area contributed by atoms with Crippen molar-refractivity contribution in [1.29, 1.82) is 0 Å². The van der Waals surface area contributed by atoms with Crippen molar-refractivity contribution in [3.05, 3.63) is 0 Å². The van der Waals surface area contributed by atoms with E-state index in [-0.39, 0.29) is 0 Å². The minimum absolute atomic E-state index is 0.910. The number of hydrogen-bond acceptors (Lipinski definition) is 3. The SMILES string of the molecule is C1CN(CC2CNC2)CCO1.CC. The third-order valence-corrected chi connectivity index (χ3v) is 2.49. The number of rotatable bonds is 2. The number of hydrogen-bond donors (Lipinski definition) is 1. The normalized spacial score (nSPS) is 24.5. The van der Waals surface area contributed by atoms with Gasteiger partial charge in [-0.1, -0.05) is 13.8 Å². The van der Waals surface area contributed by atoms with Gasteiger partial charge >= 0.3 is 0 Å². The molecule has 0 amide bonds. The third-order valence-electron chi connectivity index (χ3n) is 2.49. The first kappa shape index (κ1) is 11.0. The minimum Gasteiger partial charge on any atom is -0.379 e. The summed E-state index contributed by atoms with van der Waals surface area (Å²) in [6.07, 6.45) is 0. The Hall–Kier alpha value is -0.120. The first-order valence-corrected chi connectivity index (χ1v) is 5.46. The quantitative estimate of drug-likeness (QED) is 0.682. The first-order valence-electron chi connectivity index (χ1n) is 5.46. The molecule has 78 valence electrons. The van der Waals surface area contributed by atoms with Gasteiger partial charge in [0, 0.05) is 32.7 Å². The Morgan fingerprint density at radius 2 is 1.85 bits per heavy atom. The largest absolute Gasteiger partial charge is 0.379 e. The van der Waals surface area contributed by atoms with Crippen LogP contribution in [0.4, 0.5) is 0 Å². The maximum Gasteiger partial charge on any atom is 0.0594 e. The van der Waals surface area contributed by atoms with E-state index in [2.05, 4.69) is 10.2 Å². The van der Waals surface area contributed by atoms with Crippen molar-refractivity contribution < 1.29 is 4.74 Å². The summed E-state index contributed by atoms with van der Waals surface area (Å²) >= 11 is 0. The molecule has 0 atom stereocenters. The van der Waals surface area contributed by atoms with Gasteiger partial charge in [-0.05, 0) is 5.92 Å². The molecule has 2 aliphatic heterocycles. The van der Waals surface area contributed by atoms with Gasteiger partial charge in [-0.25, -0.2) is 0 Å². The van der Waals surface area contributed by atoms with Crippen LogP contribution in [0.2, 0.25) is 0 Å². The summed E-state index contributed by atoms with van der Waals surface area (Å²) in [7, 11) is 0. The summed E-state index contributed by atoms with van der Waals surface area (Å²) < 4.78 is 5.28. The van der Waals surface area contributed by atoms with Crippen LogP contribution < -0.4 is 5.32 Å². The van der Waals surface area contributed by atoms with Gasteiger partial charge < -0.3 is 10.1 Å². The van der Waals surface area contributed by atoms with Gasteiger partial charge in [0.25, 0.3) is 0 Å². The van der Waals surface area contributed by atoms with Gasteiger partial charge in [-0.3, -0.25) is 4.90 Å². The molecule has 0 aromatic carbocycles. The van der Waals surface area contributed by atoms with E-state index in [9.17, 15) is 0 Å². The first-order chi connectivity index (χ1) is 6.45. The molecule has 0 aromatic heterocycles. The second kappa shape index (κ2) is 6.35. The molecular weight excluding hydrogens is 164 g/mol. The van der Waals surface area contributed by atoms with Gasteiger partial charge in [0.1, 0.15) is 0 Å². The molecule has 3 nitrogen and oxygen atoms in total. The zero-order valence-corrected chi connectivity index (χ0v) is 8.88. The topological polar surface area (TPSA) is 24.5 Å². The molecule has 1 N–H and O–H groups in total. The summed E-state index contributed by atoms with van der Waals surface area (Å²) in [6.45, 7) is 11.8. The number of nitrogens with zero attached hydrogens (tertiary/aromatic N) is 1. The zero-order chi connectivity index (χ0) is 9.52. The van der Waals surface area contributed by atoms with Crippen LogP contribution in [0.25, 0.3) is 0 Å². The van der Waals surface area contributed by atoms with E-state index in [0.29, 0.717) is 0 Å². The van der Waals surface area contributed by atoms with E-state index in [1.165, 1.54) is 19.6 Å². The van der Waals surface area contributed by atoms with Crippen LogP contribution in [0.15, 0.2) is 0 Å². The Labute approximate surface area is 81.4 Å². The predicted octanol–water partition coefficient (Wildman–Crippen LogP) is 0.564. The van der Waals surface area contributed by atoms with Crippen LogP contribution in [0.1, 0.15) is 13.8 Å². The molecule has 0 radical (unpaired) electrons. The fraction of sp³-hybridized carbons (Fsp3) is 1.00. The maximum absolute atomic E-state index is 5.28. The molecule has 0 unspecified atom stereocenters. The van der Waals surface area contributed by atoms with Crippen LogP contribution in [-0.2, 0) is 4.74 Å². The summed E-state index contributed by atoms with van der Waals surface area (Å²) in [4.78, 5) is 2.51. The number of ether oxygens (including phenoxy) is 1. The van der Waals surface area contributed by atoms with Gasteiger partial charge in [0.05, 0.1) is 13.2 Å². The summed E-state index contributed by atoms with van der Waals surface area (Å²) in [6, 6.07) is 0. The van der Waals surface area contributed by atoms with Crippen LogP contribution >= 0.6 is 0 Å². The van der Waals surface area contributed by atoms with Gasteiger partial charge in [0.15, 0.2) is 0 Å². The number of morpholine rings is 1. The zero-order valence-electron chi connectivity index (χ0n) is 8.88. The van der Waals surface area contributed by atoms with E-state index in [4.69, 9.17) is 4.74 Å². The highest BCUT2D eigenvalue weighted by Crippen LogP contribution is 2.07. The van der Waals surface area contributed by atoms with Crippen molar-refractivity contribution in [3.63, 3.8) is 0 Å². The molecular formula is C10H22N2O. The van der Waals surface area contributed by atoms with E-state index in [1.54, 1.807) is 0 Å². The van der Waals surface area contributed by atoms with Crippen molar-refractivity contribution in [2.45, 2.75) is 13.8 Å². The molecule has 2 aliphatic rings. The van der Waals surface area contributed by atoms with Crippen LogP contribution in [0, 0.1) is 5.92 Å². The van der Waals surface area contributed by atoms with E-state index in [0.717, 1.165) is 32.2 Å². The molecule has 0 aromatic rings. The van der Waals surface area contributed by atoms with Crippen LogP contribution in [-0.4, -0.2) is 50.8 Å². The van der Waals surface area contributed by atoms with Crippen molar-refractivity contribution >= 4 is 0 Å². The average Bonchev–Trinajstić information content (AvgIpc) is 2.17. The Morgan fingerprint density at radius 3 is 2.31 bits per heavy atom. The third kappa shape index (κ3) is 3.63. The lowest BCUT2D eigenvalue weighted by atomic mass is 10.0. The fourth-order valence-corrected chi connectivity index (χ4v) is 1.63. The fourth-order valence-electron chi connectivity index (χ4n) is 1.63. The molecule has 2 fully saturated rings. The second-order valence-corrected chi connectivity index (χ2v) is 3.44. The molecule has 0 saturated carbocycles. The smallest absolute Gasteiger partial charge is 0.0594 e. The van der Waals surface area contributed by atoms with Crippen LogP contribution in [0.3, 0.4) is 0 Å². The van der Waals surface area contributed by atoms with E-state index >= 15 is 0 Å². The molecule has 2 rings (SSSR count). The highest BCUT2D eigenvalue weighted by molar-refractivity contribution is 4.78. The Morgan fingerprint density at radius 1 is 1.23 bits per heavy atom. The Balaban J connectivity index is 0.000000396. The standard InChI is InChI=1S/C8H16N2O.C2H6/c1-3-11-4-2-10(1)7-8-5-9-6-8;1-2/h8-9H,1-7H2;1-2H3. The summed E-state index contributed by atoms with van der Waals surface area (Å²) in [5, 5.41) is 3.29. The highest BCUT2D eigenvalue weighted by atomic mass is 16.5. The minimum atomic E-state index is 0.910. The lowest BCUT2D eigenvalue weighted by Gasteiger charge is -2.34. The highest BCUT2D eigenvalue weighted by Gasteiger charge is 2.20. The van der Waals surface area contributed by atoms with Crippen LogP contribution in [0.5, 0.6) is 0 Å². The van der Waals surface area contributed by atoms with Gasteiger partial charge in [-0.2, -0.15) is 0 Å². The molecule has 2 saturated heterocycles. The maximum atomic E-state index is 5.28. The summed E-state index contributed by atoms with van der Waals surface area (Å²) in [5.74, 6) is 0.910. The average molecular weight is 186 g/mol. The lowest BCUT2D eigenvalue weighted by Crippen LogP contribution is -2.50. The van der Waals surface area contributed by atoms with Crippen molar-refractivity contribution in [2.75, 3.05) is 45.9 Å². The molecule has 0 spiro atoms. The van der Waals surface area contributed by atoms with Crippen molar-refractivity contribution in [1.82, 2.24) is 10.2 Å². The predicted molar refractivity (Wildman–Crippen MR) is 55.0 cm³/mol. The summed E-state index contributed by atoms with van der Waals surface area (Å²) in [5.41, 5.74) is 0. The monoisotopic (exact) mass is 186 g/mol. The second-order valence-electron chi connectivity index (χ2n) is 3.44. The van der Waals surface area contributed by atoms with E-state index in [1.807, 2.05) is 13.8 Å².